The fourth-order valence-electron chi connectivity index (χ4n) is 5.48. The topological polar surface area (TPSA) is 49.7 Å². The normalized spacial score (nSPS) is 39.6. The number of carbonyl (C=O) groups excluding carboxylic acids is 2. The minimum absolute atomic E-state index is 0.0759. The number of carbonyl (C=O) groups is 2. The molecule has 0 N–H and O–H groups in total. The van der Waals surface area contributed by atoms with Crippen LogP contribution in [0.25, 0.3) is 0 Å². The van der Waals surface area contributed by atoms with Crippen LogP contribution < -0.4 is 0 Å². The molecule has 4 atom stereocenters. The van der Waals surface area contributed by atoms with Crippen molar-refractivity contribution in [3.63, 3.8) is 0 Å². The quantitative estimate of drug-likeness (QED) is 0.784. The number of aliphatic imine (C=N–C) groups is 1. The van der Waals surface area contributed by atoms with Crippen molar-refractivity contribution in [1.29, 1.82) is 0 Å². The lowest BCUT2D eigenvalue weighted by molar-refractivity contribution is -0.130. The molecule has 2 aliphatic carbocycles. The Balaban J connectivity index is 1.37. The number of hydrogen-bond donors (Lipinski definition) is 0. The maximum Gasteiger partial charge on any atom is 0.263 e. The van der Waals surface area contributed by atoms with Gasteiger partial charge in [0, 0.05) is 20.0 Å². The van der Waals surface area contributed by atoms with Gasteiger partial charge < -0.3 is 4.90 Å². The Kier molecular flexibility index (Phi) is 4.26. The zero-order valence-corrected chi connectivity index (χ0v) is 15.6. The first kappa shape index (κ1) is 16.6. The van der Waals surface area contributed by atoms with Gasteiger partial charge >= 0.3 is 0 Å². The number of thioether (sulfide) groups is 1. The van der Waals surface area contributed by atoms with E-state index in [1.165, 1.54) is 25.7 Å². The van der Waals surface area contributed by atoms with E-state index in [4.69, 9.17) is 0 Å². The fourth-order valence-corrected chi connectivity index (χ4v) is 6.93. The summed E-state index contributed by atoms with van der Waals surface area (Å²) < 4.78 is -0.393. The van der Waals surface area contributed by atoms with Crippen LogP contribution >= 0.6 is 11.8 Å². The lowest BCUT2D eigenvalue weighted by Crippen LogP contribution is -2.45. The first-order valence-electron chi connectivity index (χ1n) is 9.52. The Bertz CT molecular complexity index is 582. The molecule has 0 aromatic carbocycles. The van der Waals surface area contributed by atoms with Crippen molar-refractivity contribution >= 4 is 28.6 Å². The van der Waals surface area contributed by atoms with Gasteiger partial charge in [-0.05, 0) is 69.1 Å². The predicted octanol–water partition coefficient (Wildman–Crippen LogP) is 3.50. The van der Waals surface area contributed by atoms with Gasteiger partial charge in [0.2, 0.25) is 5.91 Å². The van der Waals surface area contributed by atoms with Crippen LogP contribution in [0.3, 0.4) is 0 Å². The van der Waals surface area contributed by atoms with Gasteiger partial charge in [-0.3, -0.25) is 9.59 Å². The number of hydrogen-bond acceptors (Lipinski definition) is 3. The number of rotatable bonds is 3. The highest BCUT2D eigenvalue weighted by atomic mass is 32.2. The molecular weight excluding hydrogens is 320 g/mol. The molecule has 2 saturated carbocycles. The molecule has 132 valence electrons. The Labute approximate surface area is 148 Å². The van der Waals surface area contributed by atoms with E-state index in [-0.39, 0.29) is 11.8 Å². The van der Waals surface area contributed by atoms with Gasteiger partial charge in [-0.1, -0.05) is 18.2 Å². The highest BCUT2D eigenvalue weighted by Gasteiger charge is 2.49. The molecule has 2 heterocycles. The molecule has 1 unspecified atom stereocenters. The number of likely N-dealkylation sites (tertiary alicyclic amines) is 1. The van der Waals surface area contributed by atoms with Gasteiger partial charge in [-0.2, -0.15) is 0 Å². The van der Waals surface area contributed by atoms with Crippen molar-refractivity contribution in [2.45, 2.75) is 63.5 Å². The van der Waals surface area contributed by atoms with Gasteiger partial charge in [-0.25, -0.2) is 4.99 Å². The van der Waals surface area contributed by atoms with Gasteiger partial charge in [0.05, 0.1) is 5.04 Å². The molecule has 4 nitrogen and oxygen atoms in total. The first-order chi connectivity index (χ1) is 11.5. The molecule has 2 amide bonds. The van der Waals surface area contributed by atoms with E-state index < -0.39 is 4.75 Å². The molecule has 3 fully saturated rings. The molecular formula is C19H28N2O2S. The molecule has 0 aromatic rings. The molecule has 0 radical (unpaired) electrons. The largest absolute Gasteiger partial charge is 0.343 e. The summed E-state index contributed by atoms with van der Waals surface area (Å²) in [5, 5.41) is 1.09. The Hall–Kier alpha value is -0.840. The van der Waals surface area contributed by atoms with E-state index in [2.05, 4.69) is 11.9 Å². The van der Waals surface area contributed by atoms with Crippen LogP contribution in [0.2, 0.25) is 0 Å². The van der Waals surface area contributed by atoms with Crippen LogP contribution in [0.4, 0.5) is 0 Å². The smallest absolute Gasteiger partial charge is 0.263 e. The van der Waals surface area contributed by atoms with E-state index in [0.717, 1.165) is 55.1 Å². The first-order valence-corrected chi connectivity index (χ1v) is 10.3. The van der Waals surface area contributed by atoms with E-state index in [9.17, 15) is 9.59 Å². The maximum atomic E-state index is 12.7. The molecule has 0 spiro atoms. The van der Waals surface area contributed by atoms with E-state index in [1.807, 2.05) is 4.90 Å². The lowest BCUT2D eigenvalue weighted by Gasteiger charge is -2.38. The zero-order chi connectivity index (χ0) is 16.9. The number of nitrogens with zero attached hydrogens (tertiary/aromatic N) is 2. The Morgan fingerprint density at radius 1 is 1.25 bits per heavy atom. The minimum atomic E-state index is -0.393. The van der Waals surface area contributed by atoms with Gasteiger partial charge in [0.15, 0.2) is 0 Å². The van der Waals surface area contributed by atoms with Crippen LogP contribution in [-0.4, -0.2) is 39.6 Å². The summed E-state index contributed by atoms with van der Waals surface area (Å²) in [7, 11) is 0. The summed E-state index contributed by atoms with van der Waals surface area (Å²) in [6.07, 6.45) is 8.45. The summed E-state index contributed by atoms with van der Waals surface area (Å²) in [6.45, 7) is 5.29. The zero-order valence-electron chi connectivity index (χ0n) is 14.8. The van der Waals surface area contributed by atoms with Gasteiger partial charge in [0.25, 0.3) is 5.91 Å². The molecule has 5 heteroatoms. The third-order valence-corrected chi connectivity index (χ3v) is 8.45. The molecule has 0 aromatic heterocycles. The highest BCUT2D eigenvalue weighted by Crippen LogP contribution is 2.52. The third-order valence-electron chi connectivity index (χ3n) is 7.02. The molecule has 1 saturated heterocycles. The lowest BCUT2D eigenvalue weighted by atomic mass is 9.84. The van der Waals surface area contributed by atoms with E-state index in [1.54, 1.807) is 18.7 Å². The van der Waals surface area contributed by atoms with Crippen molar-refractivity contribution in [1.82, 2.24) is 4.90 Å². The molecule has 2 aliphatic heterocycles. The summed E-state index contributed by atoms with van der Waals surface area (Å²) in [6, 6.07) is 0. The van der Waals surface area contributed by atoms with Crippen LogP contribution in [0, 0.1) is 23.7 Å². The van der Waals surface area contributed by atoms with Crippen LogP contribution in [0.1, 0.15) is 58.8 Å². The molecule has 4 aliphatic rings. The average molecular weight is 349 g/mol. The minimum Gasteiger partial charge on any atom is -0.343 e. The van der Waals surface area contributed by atoms with Crippen molar-refractivity contribution in [3.05, 3.63) is 0 Å². The van der Waals surface area contributed by atoms with Crippen molar-refractivity contribution in [2.75, 3.05) is 13.1 Å². The molecule has 24 heavy (non-hydrogen) atoms. The SMILES string of the molecule is CC(=O)N1CCC(C2(C)SC(C[C@H]3C[C@@H]4CC[C@H]3C4)=NC2=O)CC1. The van der Waals surface area contributed by atoms with Gasteiger partial charge in [0.1, 0.15) is 4.75 Å². The summed E-state index contributed by atoms with van der Waals surface area (Å²) >= 11 is 1.75. The van der Waals surface area contributed by atoms with E-state index in [0.29, 0.717) is 5.92 Å². The fraction of sp³-hybridized carbons (Fsp3) is 0.842. The van der Waals surface area contributed by atoms with E-state index >= 15 is 0 Å². The second kappa shape index (κ2) is 6.15. The molecule has 4 rings (SSSR count). The van der Waals surface area contributed by atoms with Crippen LogP contribution in [-0.2, 0) is 9.59 Å². The van der Waals surface area contributed by atoms with Crippen molar-refractivity contribution in [3.8, 4) is 0 Å². The number of amides is 2. The second-order valence-electron chi connectivity index (χ2n) is 8.44. The standard InChI is InChI=1S/C19H28N2O2S/c1-12(22)21-7-5-16(6-8-21)19(2)18(23)20-17(24-19)11-15-10-13-3-4-14(15)9-13/h13-16H,3-11H2,1-2H3/t13-,14+,15-,19?/m1/s1. The summed E-state index contributed by atoms with van der Waals surface area (Å²) in [5.74, 6) is 3.17. The predicted molar refractivity (Wildman–Crippen MR) is 97.0 cm³/mol. The number of fused-ring (bicyclic) bond motifs is 2. The number of piperidine rings is 1. The maximum absolute atomic E-state index is 12.7. The third kappa shape index (κ3) is 2.83. The van der Waals surface area contributed by atoms with Crippen molar-refractivity contribution < 1.29 is 9.59 Å². The van der Waals surface area contributed by atoms with Crippen LogP contribution in [0.15, 0.2) is 4.99 Å². The second-order valence-corrected chi connectivity index (χ2v) is 9.96. The highest BCUT2D eigenvalue weighted by molar-refractivity contribution is 8.16. The Morgan fingerprint density at radius 3 is 2.58 bits per heavy atom. The Morgan fingerprint density at radius 2 is 2.00 bits per heavy atom. The summed E-state index contributed by atoms with van der Waals surface area (Å²) in [5.41, 5.74) is 0. The monoisotopic (exact) mass is 348 g/mol. The van der Waals surface area contributed by atoms with Crippen molar-refractivity contribution in [2.24, 2.45) is 28.7 Å². The van der Waals surface area contributed by atoms with Crippen LogP contribution in [0.5, 0.6) is 0 Å². The van der Waals surface area contributed by atoms with Gasteiger partial charge in [-0.15, -0.1) is 0 Å². The summed E-state index contributed by atoms with van der Waals surface area (Å²) in [4.78, 5) is 30.6. The molecule has 2 bridgehead atoms. The average Bonchev–Trinajstić information content (AvgIpc) is 3.24.